The van der Waals surface area contributed by atoms with Crippen LogP contribution in [0, 0.1) is 0 Å². The molecule has 1 atom stereocenters. The number of carbonyl (C=O) groups is 3. The zero-order chi connectivity index (χ0) is 22.4. The van der Waals surface area contributed by atoms with E-state index in [0.29, 0.717) is 0 Å². The molecule has 0 aromatic heterocycles. The van der Waals surface area contributed by atoms with Gasteiger partial charge < -0.3 is 30.7 Å². The van der Waals surface area contributed by atoms with Crippen molar-refractivity contribution in [3.05, 3.63) is 59.7 Å². The minimum Gasteiger partial charge on any atom is -0.481 e. The Bertz CT molecular complexity index is 913. The van der Waals surface area contributed by atoms with Gasteiger partial charge in [-0.3, -0.25) is 9.59 Å². The predicted octanol–water partition coefficient (Wildman–Crippen LogP) is 0.838. The first kappa shape index (κ1) is 22.3. The van der Waals surface area contributed by atoms with E-state index >= 15 is 0 Å². The number of aliphatic carboxylic acids is 1. The molecule has 2 aromatic carbocycles. The van der Waals surface area contributed by atoms with Crippen molar-refractivity contribution in [3.63, 3.8) is 0 Å². The van der Waals surface area contributed by atoms with Crippen LogP contribution in [-0.4, -0.2) is 65.2 Å². The van der Waals surface area contributed by atoms with E-state index in [2.05, 4.69) is 10.6 Å². The number of carboxylic acid groups (broad SMARTS) is 1. The Labute approximate surface area is 178 Å². The molecule has 2 amide bonds. The maximum Gasteiger partial charge on any atom is 0.407 e. The van der Waals surface area contributed by atoms with E-state index in [1.54, 1.807) is 0 Å². The lowest BCUT2D eigenvalue weighted by atomic mass is 9.98. The van der Waals surface area contributed by atoms with Crippen LogP contribution in [0.4, 0.5) is 4.79 Å². The van der Waals surface area contributed by atoms with Gasteiger partial charge in [-0.1, -0.05) is 48.5 Å². The molecule has 5 N–H and O–H groups in total. The molecule has 0 fully saturated rings. The molecule has 2 aromatic rings. The Morgan fingerprint density at radius 2 is 1.45 bits per heavy atom. The van der Waals surface area contributed by atoms with Gasteiger partial charge >= 0.3 is 12.1 Å². The number of carbonyl (C=O) groups excluding carboxylic acids is 2. The molecule has 0 saturated heterocycles. The van der Waals surface area contributed by atoms with E-state index in [-0.39, 0.29) is 12.5 Å². The van der Waals surface area contributed by atoms with Crippen molar-refractivity contribution in [1.82, 2.24) is 10.6 Å². The highest BCUT2D eigenvalue weighted by molar-refractivity contribution is 5.89. The number of hydrogen-bond donors (Lipinski definition) is 5. The summed E-state index contributed by atoms with van der Waals surface area (Å²) in [6.45, 7) is -1.06. The third-order valence-electron chi connectivity index (χ3n) is 5.12. The molecule has 9 heteroatoms. The topological polar surface area (TPSA) is 145 Å². The monoisotopic (exact) mass is 428 g/mol. The van der Waals surface area contributed by atoms with Crippen molar-refractivity contribution < 1.29 is 34.4 Å². The first-order chi connectivity index (χ1) is 14.9. The van der Waals surface area contributed by atoms with Gasteiger partial charge in [-0.05, 0) is 22.3 Å². The molecule has 1 aliphatic rings. The van der Waals surface area contributed by atoms with Gasteiger partial charge in [0.2, 0.25) is 5.91 Å². The van der Waals surface area contributed by atoms with Crippen molar-refractivity contribution in [2.24, 2.45) is 0 Å². The zero-order valence-electron chi connectivity index (χ0n) is 16.7. The van der Waals surface area contributed by atoms with Crippen molar-refractivity contribution in [2.75, 3.05) is 19.8 Å². The lowest BCUT2D eigenvalue weighted by Crippen LogP contribution is -2.52. The molecule has 3 rings (SSSR count). The van der Waals surface area contributed by atoms with Crippen LogP contribution >= 0.6 is 0 Å². The summed E-state index contributed by atoms with van der Waals surface area (Å²) in [5, 5.41) is 31.7. The van der Waals surface area contributed by atoms with Crippen molar-refractivity contribution in [3.8, 4) is 11.1 Å². The van der Waals surface area contributed by atoms with Crippen LogP contribution in [0.15, 0.2) is 48.5 Å². The van der Waals surface area contributed by atoms with Crippen LogP contribution in [0.2, 0.25) is 0 Å². The molecule has 0 bridgehead atoms. The summed E-state index contributed by atoms with van der Waals surface area (Å²) >= 11 is 0. The minimum atomic E-state index is -1.42. The van der Waals surface area contributed by atoms with E-state index in [0.717, 1.165) is 22.3 Å². The number of benzene rings is 2. The standard InChI is InChI=1S/C22H24N2O7/c25-10-13(11-26)23-21(29)19(9-20(27)28)24-22(30)31-12-18-16-7-3-1-5-14(16)15-6-2-4-8-17(15)18/h1-8,13,18-19,25-26H,9-12H2,(H,23,29)(H,24,30)(H,27,28). The largest absolute Gasteiger partial charge is 0.481 e. The van der Waals surface area contributed by atoms with Crippen molar-refractivity contribution in [2.45, 2.75) is 24.4 Å². The SMILES string of the molecule is O=C(O)CC(NC(=O)OCC1c2ccccc2-c2ccccc21)C(=O)NC(CO)CO. The third kappa shape index (κ3) is 5.19. The predicted molar refractivity (Wildman–Crippen MR) is 110 cm³/mol. The van der Waals surface area contributed by atoms with Crippen molar-refractivity contribution in [1.29, 1.82) is 0 Å². The summed E-state index contributed by atoms with van der Waals surface area (Å²) < 4.78 is 5.34. The lowest BCUT2D eigenvalue weighted by molar-refractivity contribution is -0.140. The zero-order valence-corrected chi connectivity index (χ0v) is 16.7. The molecule has 0 radical (unpaired) electrons. The number of aliphatic hydroxyl groups is 2. The second kappa shape index (κ2) is 10.1. The highest BCUT2D eigenvalue weighted by atomic mass is 16.5. The number of hydrogen-bond acceptors (Lipinski definition) is 6. The van der Waals surface area contributed by atoms with Crippen molar-refractivity contribution >= 4 is 18.0 Å². The molecule has 0 spiro atoms. The molecule has 164 valence electrons. The fourth-order valence-electron chi connectivity index (χ4n) is 3.62. The Kier molecular flexibility index (Phi) is 7.22. The average Bonchev–Trinajstić information content (AvgIpc) is 3.09. The maximum atomic E-state index is 12.3. The van der Waals surface area contributed by atoms with Crippen LogP contribution < -0.4 is 10.6 Å². The number of fused-ring (bicyclic) bond motifs is 3. The van der Waals surface area contributed by atoms with Gasteiger partial charge in [0.15, 0.2) is 0 Å². The summed E-state index contributed by atoms with van der Waals surface area (Å²) in [5.41, 5.74) is 4.17. The molecular weight excluding hydrogens is 404 g/mol. The first-order valence-electron chi connectivity index (χ1n) is 9.80. The molecular formula is C22H24N2O7. The second-order valence-corrected chi connectivity index (χ2v) is 7.19. The van der Waals surface area contributed by atoms with Crippen LogP contribution in [0.25, 0.3) is 11.1 Å². The first-order valence-corrected chi connectivity index (χ1v) is 9.80. The molecule has 31 heavy (non-hydrogen) atoms. The van der Waals surface area contributed by atoms with Crippen LogP contribution in [-0.2, 0) is 14.3 Å². The summed E-state index contributed by atoms with van der Waals surface area (Å²) in [5.74, 6) is -2.33. The van der Waals surface area contributed by atoms with Crippen LogP contribution in [0.3, 0.4) is 0 Å². The number of ether oxygens (including phenoxy) is 1. The average molecular weight is 428 g/mol. The van der Waals surface area contributed by atoms with E-state index in [9.17, 15) is 14.4 Å². The number of carboxylic acids is 1. The fraction of sp³-hybridized carbons (Fsp3) is 0.318. The van der Waals surface area contributed by atoms with Gasteiger partial charge in [0.25, 0.3) is 0 Å². The molecule has 1 unspecified atom stereocenters. The van der Waals surface area contributed by atoms with Gasteiger partial charge in [0.1, 0.15) is 12.6 Å². The highest BCUT2D eigenvalue weighted by Crippen LogP contribution is 2.44. The maximum absolute atomic E-state index is 12.3. The molecule has 0 aliphatic heterocycles. The van der Waals surface area contributed by atoms with E-state index < -0.39 is 49.7 Å². The van der Waals surface area contributed by atoms with Gasteiger partial charge in [0, 0.05) is 5.92 Å². The molecule has 9 nitrogen and oxygen atoms in total. The van der Waals surface area contributed by atoms with Crippen LogP contribution in [0.5, 0.6) is 0 Å². The minimum absolute atomic E-state index is 0.0111. The third-order valence-corrected chi connectivity index (χ3v) is 5.12. The van der Waals surface area contributed by atoms with Crippen LogP contribution in [0.1, 0.15) is 23.5 Å². The Morgan fingerprint density at radius 1 is 0.903 bits per heavy atom. The van der Waals surface area contributed by atoms with Gasteiger partial charge in [0.05, 0.1) is 25.7 Å². The normalized spacial score (nSPS) is 13.3. The number of rotatable bonds is 9. The van der Waals surface area contributed by atoms with E-state index in [1.807, 2.05) is 48.5 Å². The van der Waals surface area contributed by atoms with E-state index in [1.165, 1.54) is 0 Å². The fourth-order valence-corrected chi connectivity index (χ4v) is 3.62. The Morgan fingerprint density at radius 3 is 1.97 bits per heavy atom. The van der Waals surface area contributed by atoms with Gasteiger partial charge in [-0.25, -0.2) is 4.79 Å². The smallest absolute Gasteiger partial charge is 0.407 e. The lowest BCUT2D eigenvalue weighted by Gasteiger charge is -2.21. The Balaban J connectivity index is 1.66. The quantitative estimate of drug-likeness (QED) is 0.398. The number of alkyl carbamates (subject to hydrolysis) is 1. The molecule has 1 aliphatic carbocycles. The number of nitrogens with one attached hydrogen (secondary N) is 2. The second-order valence-electron chi connectivity index (χ2n) is 7.19. The number of aliphatic hydroxyl groups excluding tert-OH is 2. The summed E-state index contributed by atoms with van der Waals surface area (Å²) in [6, 6.07) is 13.2. The summed E-state index contributed by atoms with van der Waals surface area (Å²) in [4.78, 5) is 35.7. The van der Waals surface area contributed by atoms with E-state index in [4.69, 9.17) is 20.1 Å². The van der Waals surface area contributed by atoms with Gasteiger partial charge in [-0.2, -0.15) is 0 Å². The summed E-state index contributed by atoms with van der Waals surface area (Å²) in [7, 11) is 0. The van der Waals surface area contributed by atoms with Gasteiger partial charge in [-0.15, -0.1) is 0 Å². The number of amides is 2. The molecule has 0 heterocycles. The molecule has 0 saturated carbocycles. The summed E-state index contributed by atoms with van der Waals surface area (Å²) in [6.07, 6.45) is -1.62. The highest BCUT2D eigenvalue weighted by Gasteiger charge is 2.30. The Hall–Kier alpha value is -3.43.